The highest BCUT2D eigenvalue weighted by Crippen LogP contribution is 2.24. The average Bonchev–Trinajstić information content (AvgIpc) is 2.57. The standard InChI is InChI=1S/C18H15ClN2O2/c1-12-4-9-16(15-3-2-10-20-18(12)15)21-17(22)11-23-14-7-5-13(19)6-8-14/h2-10H,11H2,1H3,(H,21,22). The summed E-state index contributed by atoms with van der Waals surface area (Å²) in [4.78, 5) is 16.5. The summed E-state index contributed by atoms with van der Waals surface area (Å²) >= 11 is 5.81. The number of hydrogen-bond acceptors (Lipinski definition) is 3. The van der Waals surface area contributed by atoms with Gasteiger partial charge in [-0.25, -0.2) is 0 Å². The molecule has 0 saturated heterocycles. The van der Waals surface area contributed by atoms with Crippen LogP contribution in [-0.2, 0) is 4.79 Å². The molecule has 0 spiro atoms. The van der Waals surface area contributed by atoms with Crippen LogP contribution in [0.15, 0.2) is 54.7 Å². The average molecular weight is 327 g/mol. The number of nitrogens with one attached hydrogen (secondary N) is 1. The molecule has 3 rings (SSSR count). The fourth-order valence-electron chi connectivity index (χ4n) is 2.29. The zero-order chi connectivity index (χ0) is 16.2. The van der Waals surface area contributed by atoms with Gasteiger partial charge in [0.25, 0.3) is 5.91 Å². The van der Waals surface area contributed by atoms with Crippen LogP contribution in [0.5, 0.6) is 5.75 Å². The Kier molecular flexibility index (Phi) is 4.44. The Morgan fingerprint density at radius 2 is 1.96 bits per heavy atom. The lowest BCUT2D eigenvalue weighted by molar-refractivity contribution is -0.118. The zero-order valence-corrected chi connectivity index (χ0v) is 13.3. The second-order valence-corrected chi connectivity index (χ2v) is 5.56. The molecule has 1 aromatic heterocycles. The van der Waals surface area contributed by atoms with Crippen molar-refractivity contribution in [2.75, 3.05) is 11.9 Å². The summed E-state index contributed by atoms with van der Waals surface area (Å²) in [6.45, 7) is 1.92. The van der Waals surface area contributed by atoms with Crippen LogP contribution in [0.4, 0.5) is 5.69 Å². The number of amides is 1. The van der Waals surface area contributed by atoms with Gasteiger partial charge in [0, 0.05) is 16.6 Å². The molecule has 23 heavy (non-hydrogen) atoms. The van der Waals surface area contributed by atoms with E-state index < -0.39 is 0 Å². The van der Waals surface area contributed by atoms with E-state index in [1.165, 1.54) is 0 Å². The van der Waals surface area contributed by atoms with Gasteiger partial charge in [0.2, 0.25) is 0 Å². The summed E-state index contributed by atoms with van der Waals surface area (Å²) in [5.74, 6) is 0.369. The molecule has 1 heterocycles. The van der Waals surface area contributed by atoms with E-state index in [2.05, 4.69) is 10.3 Å². The van der Waals surface area contributed by atoms with Crippen molar-refractivity contribution in [3.8, 4) is 5.75 Å². The van der Waals surface area contributed by atoms with Gasteiger partial charge >= 0.3 is 0 Å². The monoisotopic (exact) mass is 326 g/mol. The van der Waals surface area contributed by atoms with Crippen molar-refractivity contribution in [3.05, 3.63) is 65.3 Å². The summed E-state index contributed by atoms with van der Waals surface area (Å²) in [7, 11) is 0. The van der Waals surface area contributed by atoms with E-state index in [9.17, 15) is 4.79 Å². The zero-order valence-electron chi connectivity index (χ0n) is 12.5. The first-order valence-corrected chi connectivity index (χ1v) is 7.54. The van der Waals surface area contributed by atoms with Gasteiger partial charge in [-0.15, -0.1) is 0 Å². The minimum atomic E-state index is -0.228. The number of carbonyl (C=O) groups excluding carboxylic acids is 1. The van der Waals surface area contributed by atoms with Gasteiger partial charge in [-0.05, 0) is 55.0 Å². The summed E-state index contributed by atoms with van der Waals surface area (Å²) < 4.78 is 5.44. The molecule has 0 bridgehead atoms. The van der Waals surface area contributed by atoms with E-state index in [-0.39, 0.29) is 12.5 Å². The number of aromatic nitrogens is 1. The lowest BCUT2D eigenvalue weighted by atomic mass is 10.1. The number of rotatable bonds is 4. The van der Waals surface area contributed by atoms with E-state index in [0.29, 0.717) is 10.8 Å². The third-order valence-corrected chi connectivity index (χ3v) is 3.68. The van der Waals surface area contributed by atoms with Crippen LogP contribution in [0.3, 0.4) is 0 Å². The van der Waals surface area contributed by atoms with Crippen molar-refractivity contribution in [3.63, 3.8) is 0 Å². The third kappa shape index (κ3) is 3.60. The van der Waals surface area contributed by atoms with Gasteiger partial charge in [0.1, 0.15) is 5.75 Å². The van der Waals surface area contributed by atoms with E-state index in [1.54, 1.807) is 30.5 Å². The Hall–Kier alpha value is -2.59. The molecule has 116 valence electrons. The number of aryl methyl sites for hydroxylation is 1. The highest BCUT2D eigenvalue weighted by Gasteiger charge is 2.08. The molecule has 0 aliphatic rings. The van der Waals surface area contributed by atoms with E-state index in [0.717, 1.165) is 22.2 Å². The molecule has 1 amide bonds. The fourth-order valence-corrected chi connectivity index (χ4v) is 2.41. The molecule has 2 aromatic carbocycles. The first-order chi connectivity index (χ1) is 11.1. The van der Waals surface area contributed by atoms with Crippen LogP contribution in [0.2, 0.25) is 5.02 Å². The maximum atomic E-state index is 12.1. The van der Waals surface area contributed by atoms with Crippen molar-refractivity contribution >= 4 is 34.1 Å². The van der Waals surface area contributed by atoms with Gasteiger partial charge in [-0.1, -0.05) is 17.7 Å². The number of halogens is 1. The topological polar surface area (TPSA) is 51.2 Å². The number of fused-ring (bicyclic) bond motifs is 1. The van der Waals surface area contributed by atoms with Gasteiger partial charge in [-0.2, -0.15) is 0 Å². The molecule has 0 aliphatic heterocycles. The Morgan fingerprint density at radius 3 is 2.74 bits per heavy atom. The summed E-state index contributed by atoms with van der Waals surface area (Å²) in [6.07, 6.45) is 1.74. The molecule has 0 aliphatic carbocycles. The molecule has 0 saturated carbocycles. The first-order valence-electron chi connectivity index (χ1n) is 7.16. The smallest absolute Gasteiger partial charge is 0.262 e. The van der Waals surface area contributed by atoms with Gasteiger partial charge in [-0.3, -0.25) is 9.78 Å². The Labute approximate surface area is 139 Å². The Morgan fingerprint density at radius 1 is 1.17 bits per heavy atom. The van der Waals surface area contributed by atoms with Crippen LogP contribution in [0.25, 0.3) is 10.9 Å². The highest BCUT2D eigenvalue weighted by atomic mass is 35.5. The van der Waals surface area contributed by atoms with Crippen LogP contribution < -0.4 is 10.1 Å². The summed E-state index contributed by atoms with van der Waals surface area (Å²) in [5.41, 5.74) is 2.67. The molecule has 4 nitrogen and oxygen atoms in total. The second kappa shape index (κ2) is 6.67. The first kappa shape index (κ1) is 15.3. The Balaban J connectivity index is 1.71. The maximum absolute atomic E-state index is 12.1. The number of ether oxygens (including phenoxy) is 1. The predicted octanol–water partition coefficient (Wildman–Crippen LogP) is 4.21. The fraction of sp³-hybridized carbons (Fsp3) is 0.111. The molecule has 1 N–H and O–H groups in total. The minimum Gasteiger partial charge on any atom is -0.484 e. The van der Waals surface area contributed by atoms with Crippen LogP contribution in [-0.4, -0.2) is 17.5 Å². The molecule has 3 aromatic rings. The SMILES string of the molecule is Cc1ccc(NC(=O)COc2ccc(Cl)cc2)c2cccnc12. The minimum absolute atomic E-state index is 0.0722. The third-order valence-electron chi connectivity index (χ3n) is 3.43. The van der Waals surface area contributed by atoms with Crippen LogP contribution in [0, 0.1) is 6.92 Å². The second-order valence-electron chi connectivity index (χ2n) is 5.12. The normalized spacial score (nSPS) is 10.5. The van der Waals surface area contributed by atoms with Crippen molar-refractivity contribution in [2.24, 2.45) is 0 Å². The molecule has 5 heteroatoms. The summed E-state index contributed by atoms with van der Waals surface area (Å²) in [5, 5.41) is 4.40. The van der Waals surface area contributed by atoms with E-state index in [1.807, 2.05) is 31.2 Å². The molecule has 0 unspecified atom stereocenters. The van der Waals surface area contributed by atoms with Gasteiger partial charge < -0.3 is 10.1 Å². The number of carbonyl (C=O) groups is 1. The van der Waals surface area contributed by atoms with Crippen molar-refractivity contribution in [1.82, 2.24) is 4.98 Å². The number of nitrogens with zero attached hydrogens (tertiary/aromatic N) is 1. The van der Waals surface area contributed by atoms with Crippen LogP contribution in [0.1, 0.15) is 5.56 Å². The number of hydrogen-bond donors (Lipinski definition) is 1. The number of pyridine rings is 1. The van der Waals surface area contributed by atoms with Crippen molar-refractivity contribution in [2.45, 2.75) is 6.92 Å². The van der Waals surface area contributed by atoms with Crippen molar-refractivity contribution < 1.29 is 9.53 Å². The lowest BCUT2D eigenvalue weighted by Crippen LogP contribution is -2.20. The lowest BCUT2D eigenvalue weighted by Gasteiger charge is -2.11. The molecule has 0 fully saturated rings. The quantitative estimate of drug-likeness (QED) is 0.781. The highest BCUT2D eigenvalue weighted by molar-refractivity contribution is 6.30. The molecular weight excluding hydrogens is 312 g/mol. The van der Waals surface area contributed by atoms with Crippen molar-refractivity contribution in [1.29, 1.82) is 0 Å². The largest absolute Gasteiger partial charge is 0.484 e. The maximum Gasteiger partial charge on any atom is 0.262 e. The van der Waals surface area contributed by atoms with Crippen LogP contribution >= 0.6 is 11.6 Å². The number of benzene rings is 2. The number of anilines is 1. The van der Waals surface area contributed by atoms with Gasteiger partial charge in [0.15, 0.2) is 6.61 Å². The summed E-state index contributed by atoms with van der Waals surface area (Å²) in [6, 6.07) is 14.5. The van der Waals surface area contributed by atoms with E-state index >= 15 is 0 Å². The molecule has 0 atom stereocenters. The Bertz CT molecular complexity index is 847. The molecular formula is C18H15ClN2O2. The van der Waals surface area contributed by atoms with Gasteiger partial charge in [0.05, 0.1) is 11.2 Å². The molecule has 0 radical (unpaired) electrons. The van der Waals surface area contributed by atoms with E-state index in [4.69, 9.17) is 16.3 Å². The predicted molar refractivity (Wildman–Crippen MR) is 92.1 cm³/mol.